The Bertz CT molecular complexity index is 872. The van der Waals surface area contributed by atoms with Crippen molar-refractivity contribution in [2.45, 2.75) is 38.6 Å². The molecule has 1 fully saturated rings. The van der Waals surface area contributed by atoms with Gasteiger partial charge >= 0.3 is 5.97 Å². The van der Waals surface area contributed by atoms with Crippen molar-refractivity contribution in [3.8, 4) is 0 Å². The lowest BCUT2D eigenvalue weighted by Gasteiger charge is -2.17. The highest BCUT2D eigenvalue weighted by Gasteiger charge is 2.50. The summed E-state index contributed by atoms with van der Waals surface area (Å²) >= 11 is 0. The molecular weight excluding hydrogens is 346 g/mol. The van der Waals surface area contributed by atoms with Crippen molar-refractivity contribution in [3.05, 3.63) is 41.3 Å². The molecule has 1 aliphatic heterocycles. The number of carbonyl (C=O) groups excluding carboxylic acids is 1. The van der Waals surface area contributed by atoms with Crippen molar-refractivity contribution in [2.75, 3.05) is 18.4 Å². The molecule has 2 aromatic rings. The second-order valence-electron chi connectivity index (χ2n) is 7.30. The number of aryl methyl sites for hydroxylation is 3. The molecule has 4 rings (SSSR count). The van der Waals surface area contributed by atoms with Crippen LogP contribution in [0.4, 0.5) is 5.82 Å². The number of carboxylic acids is 1. The van der Waals surface area contributed by atoms with E-state index < -0.39 is 11.4 Å². The first-order valence-electron chi connectivity index (χ1n) is 9.33. The Balaban J connectivity index is 1.37. The quantitative estimate of drug-likeness (QED) is 0.682. The highest BCUT2D eigenvalue weighted by molar-refractivity contribution is 5.93. The van der Waals surface area contributed by atoms with Gasteiger partial charge in [0.15, 0.2) is 0 Å². The lowest BCUT2D eigenvalue weighted by Crippen LogP contribution is -2.35. The highest BCUT2D eigenvalue weighted by atomic mass is 16.4. The Kier molecular flexibility index (Phi) is 4.55. The Morgan fingerprint density at radius 2 is 2.15 bits per heavy atom. The standard InChI is InChI=1S/C19H23N5O3/c25-17(21-12-19(7-8-19)18(26)27)15-5-10-22-24(15)11-6-14-4-3-13-2-1-9-20-16(13)23-14/h3-5,10H,1-2,6-9,11-12H2,(H,20,23)(H,21,25)(H,26,27). The smallest absolute Gasteiger partial charge is 0.311 e. The number of hydrogen-bond acceptors (Lipinski definition) is 5. The van der Waals surface area contributed by atoms with Crippen LogP contribution >= 0.6 is 0 Å². The van der Waals surface area contributed by atoms with Crippen LogP contribution < -0.4 is 10.6 Å². The molecular formula is C19H23N5O3. The van der Waals surface area contributed by atoms with Gasteiger partial charge in [0.05, 0.1) is 5.41 Å². The summed E-state index contributed by atoms with van der Waals surface area (Å²) in [5, 5.41) is 19.5. The molecule has 3 heterocycles. The lowest BCUT2D eigenvalue weighted by atomic mass is 10.1. The molecule has 142 valence electrons. The molecule has 1 saturated carbocycles. The molecule has 8 nitrogen and oxygen atoms in total. The van der Waals surface area contributed by atoms with E-state index in [1.54, 1.807) is 16.9 Å². The molecule has 0 radical (unpaired) electrons. The third-order valence-corrected chi connectivity index (χ3v) is 5.38. The second-order valence-corrected chi connectivity index (χ2v) is 7.30. The number of fused-ring (bicyclic) bond motifs is 1. The van der Waals surface area contributed by atoms with E-state index in [9.17, 15) is 14.7 Å². The number of hydrogen-bond donors (Lipinski definition) is 3. The van der Waals surface area contributed by atoms with Gasteiger partial charge in [-0.2, -0.15) is 5.10 Å². The van der Waals surface area contributed by atoms with E-state index in [-0.39, 0.29) is 12.5 Å². The largest absolute Gasteiger partial charge is 0.481 e. The first kappa shape index (κ1) is 17.5. The highest BCUT2D eigenvalue weighted by Crippen LogP contribution is 2.45. The molecule has 0 saturated heterocycles. The maximum absolute atomic E-state index is 12.4. The number of aliphatic carboxylic acids is 1. The number of carboxylic acid groups (broad SMARTS) is 1. The molecule has 2 aliphatic rings. The van der Waals surface area contributed by atoms with Crippen molar-refractivity contribution in [2.24, 2.45) is 5.41 Å². The van der Waals surface area contributed by atoms with Crippen LogP contribution in [0.15, 0.2) is 24.4 Å². The van der Waals surface area contributed by atoms with Crippen LogP contribution in [0.25, 0.3) is 0 Å². The first-order valence-corrected chi connectivity index (χ1v) is 9.33. The van der Waals surface area contributed by atoms with E-state index in [4.69, 9.17) is 0 Å². The number of anilines is 1. The SMILES string of the molecule is O=C(NCC1(C(=O)O)CC1)c1ccnn1CCc1ccc2c(n1)NCCC2. The minimum absolute atomic E-state index is 0.157. The van der Waals surface area contributed by atoms with Gasteiger partial charge < -0.3 is 15.7 Å². The van der Waals surface area contributed by atoms with E-state index in [0.29, 0.717) is 31.5 Å². The van der Waals surface area contributed by atoms with Gasteiger partial charge in [-0.05, 0) is 43.4 Å². The minimum atomic E-state index is -0.844. The number of pyridine rings is 1. The van der Waals surface area contributed by atoms with E-state index in [0.717, 1.165) is 30.9 Å². The molecule has 8 heteroatoms. The molecule has 1 amide bonds. The first-order chi connectivity index (χ1) is 13.1. The average molecular weight is 369 g/mol. The van der Waals surface area contributed by atoms with Gasteiger partial charge in [-0.15, -0.1) is 0 Å². The van der Waals surface area contributed by atoms with E-state index in [2.05, 4.69) is 26.8 Å². The van der Waals surface area contributed by atoms with Gasteiger partial charge in [0.2, 0.25) is 0 Å². The summed E-state index contributed by atoms with van der Waals surface area (Å²) in [6, 6.07) is 5.79. The van der Waals surface area contributed by atoms with E-state index >= 15 is 0 Å². The van der Waals surface area contributed by atoms with Crippen molar-refractivity contribution in [1.82, 2.24) is 20.1 Å². The van der Waals surface area contributed by atoms with Crippen LogP contribution in [0.1, 0.15) is 41.0 Å². The molecule has 27 heavy (non-hydrogen) atoms. The number of amides is 1. The maximum atomic E-state index is 12.4. The third kappa shape index (κ3) is 3.65. The van der Waals surface area contributed by atoms with Crippen LogP contribution in [0.5, 0.6) is 0 Å². The molecule has 0 aromatic carbocycles. The van der Waals surface area contributed by atoms with Gasteiger partial charge in [0, 0.05) is 37.9 Å². The average Bonchev–Trinajstić information content (AvgIpc) is 3.34. The van der Waals surface area contributed by atoms with Gasteiger partial charge in [0.1, 0.15) is 11.5 Å². The molecule has 0 unspecified atom stereocenters. The monoisotopic (exact) mass is 369 g/mol. The molecule has 1 aliphatic carbocycles. The van der Waals surface area contributed by atoms with E-state index in [1.165, 1.54) is 5.56 Å². The zero-order valence-electron chi connectivity index (χ0n) is 15.1. The second kappa shape index (κ2) is 7.02. The normalized spacial score (nSPS) is 16.9. The molecule has 2 aromatic heterocycles. The number of aromatic nitrogens is 3. The molecule has 0 bridgehead atoms. The Hall–Kier alpha value is -2.90. The van der Waals surface area contributed by atoms with Crippen LogP contribution in [0.2, 0.25) is 0 Å². The van der Waals surface area contributed by atoms with Crippen LogP contribution in [-0.4, -0.2) is 44.8 Å². The van der Waals surface area contributed by atoms with E-state index in [1.807, 2.05) is 6.07 Å². The van der Waals surface area contributed by atoms with Crippen LogP contribution in [-0.2, 0) is 24.2 Å². The zero-order chi connectivity index (χ0) is 18.9. The summed E-state index contributed by atoms with van der Waals surface area (Å²) in [6.07, 6.45) is 5.65. The number of rotatable bonds is 7. The summed E-state index contributed by atoms with van der Waals surface area (Å²) in [5.41, 5.74) is 1.86. The Morgan fingerprint density at radius 3 is 2.93 bits per heavy atom. The molecule has 0 spiro atoms. The summed E-state index contributed by atoms with van der Waals surface area (Å²) in [4.78, 5) is 28.3. The van der Waals surface area contributed by atoms with Crippen LogP contribution in [0.3, 0.4) is 0 Å². The van der Waals surface area contributed by atoms with Crippen molar-refractivity contribution >= 4 is 17.7 Å². The fourth-order valence-corrected chi connectivity index (χ4v) is 3.39. The Labute approximate surface area is 157 Å². The van der Waals surface area contributed by atoms with Gasteiger partial charge in [0.25, 0.3) is 5.91 Å². The number of carbonyl (C=O) groups is 2. The lowest BCUT2D eigenvalue weighted by molar-refractivity contribution is -0.143. The van der Waals surface area contributed by atoms with Gasteiger partial charge in [-0.25, -0.2) is 4.98 Å². The Morgan fingerprint density at radius 1 is 1.30 bits per heavy atom. The predicted octanol–water partition coefficient (Wildman–Crippen LogP) is 1.47. The fraction of sp³-hybridized carbons (Fsp3) is 0.474. The zero-order valence-corrected chi connectivity index (χ0v) is 15.1. The summed E-state index contributed by atoms with van der Waals surface area (Å²) in [7, 11) is 0. The minimum Gasteiger partial charge on any atom is -0.481 e. The van der Waals surface area contributed by atoms with Crippen molar-refractivity contribution < 1.29 is 14.7 Å². The predicted molar refractivity (Wildman–Crippen MR) is 98.6 cm³/mol. The van der Waals surface area contributed by atoms with Gasteiger partial charge in [-0.1, -0.05) is 6.07 Å². The van der Waals surface area contributed by atoms with Crippen LogP contribution in [0, 0.1) is 5.41 Å². The topological polar surface area (TPSA) is 109 Å². The summed E-state index contributed by atoms with van der Waals surface area (Å²) in [5.74, 6) is -0.177. The summed E-state index contributed by atoms with van der Waals surface area (Å²) in [6.45, 7) is 1.64. The van der Waals surface area contributed by atoms with Crippen molar-refractivity contribution in [1.29, 1.82) is 0 Å². The van der Waals surface area contributed by atoms with Gasteiger partial charge in [-0.3, -0.25) is 14.3 Å². The summed E-state index contributed by atoms with van der Waals surface area (Å²) < 4.78 is 1.64. The molecule has 3 N–H and O–H groups in total. The maximum Gasteiger partial charge on any atom is 0.311 e. The number of nitrogens with one attached hydrogen (secondary N) is 2. The number of nitrogens with zero attached hydrogens (tertiary/aromatic N) is 3. The third-order valence-electron chi connectivity index (χ3n) is 5.38. The fourth-order valence-electron chi connectivity index (χ4n) is 3.39. The molecule has 0 atom stereocenters. The van der Waals surface area contributed by atoms with Crippen molar-refractivity contribution in [3.63, 3.8) is 0 Å².